The lowest BCUT2D eigenvalue weighted by molar-refractivity contribution is -0.151. The quantitative estimate of drug-likeness (QED) is 0.686. The molecule has 0 spiro atoms. The molecule has 0 heterocycles. The van der Waals surface area contributed by atoms with Crippen LogP contribution in [0.25, 0.3) is 0 Å². The molecule has 3 heteroatoms. The van der Waals surface area contributed by atoms with Crippen LogP contribution in [-0.4, -0.2) is 18.1 Å². The number of carbonyl (C=O) groups excluding carboxylic acids is 1. The predicted molar refractivity (Wildman–Crippen MR) is 55.7 cm³/mol. The first-order chi connectivity index (χ1) is 6.50. The van der Waals surface area contributed by atoms with Gasteiger partial charge >= 0.3 is 5.97 Å². The number of esters is 1. The zero-order valence-corrected chi connectivity index (χ0v) is 9.32. The van der Waals surface area contributed by atoms with E-state index in [9.17, 15) is 4.79 Å². The zero-order valence-electron chi connectivity index (χ0n) is 9.32. The second-order valence-corrected chi connectivity index (χ2v) is 4.74. The summed E-state index contributed by atoms with van der Waals surface area (Å²) in [5.41, 5.74) is 5.73. The Morgan fingerprint density at radius 1 is 1.43 bits per heavy atom. The molecule has 1 aliphatic rings. The minimum atomic E-state index is -0.385. The van der Waals surface area contributed by atoms with E-state index in [0.29, 0.717) is 11.8 Å². The summed E-state index contributed by atoms with van der Waals surface area (Å²) in [7, 11) is 0. The molecule has 1 fully saturated rings. The van der Waals surface area contributed by atoms with E-state index in [1.165, 1.54) is 0 Å². The fourth-order valence-corrected chi connectivity index (χ4v) is 1.64. The summed E-state index contributed by atoms with van der Waals surface area (Å²) in [6, 6.07) is -0.385. The topological polar surface area (TPSA) is 52.3 Å². The standard InChI is InChI=1S/C11H21NO2/c1-7(2)6-8(3)14-11(13)10(12)9-4-5-9/h7-10H,4-6,12H2,1-3H3. The molecule has 1 rings (SSSR count). The second-order valence-electron chi connectivity index (χ2n) is 4.74. The smallest absolute Gasteiger partial charge is 0.323 e. The molecule has 0 aromatic carbocycles. The van der Waals surface area contributed by atoms with E-state index in [2.05, 4.69) is 13.8 Å². The van der Waals surface area contributed by atoms with E-state index in [1.807, 2.05) is 6.92 Å². The lowest BCUT2D eigenvalue weighted by Gasteiger charge is -2.17. The first kappa shape index (κ1) is 11.5. The van der Waals surface area contributed by atoms with Gasteiger partial charge < -0.3 is 10.5 Å². The average Bonchev–Trinajstić information content (AvgIpc) is 2.83. The average molecular weight is 199 g/mol. The van der Waals surface area contributed by atoms with Gasteiger partial charge in [0.1, 0.15) is 6.04 Å². The molecule has 2 unspecified atom stereocenters. The maximum Gasteiger partial charge on any atom is 0.323 e. The molecule has 0 saturated heterocycles. The van der Waals surface area contributed by atoms with Crippen molar-refractivity contribution in [1.29, 1.82) is 0 Å². The van der Waals surface area contributed by atoms with Gasteiger partial charge in [0.15, 0.2) is 0 Å². The van der Waals surface area contributed by atoms with Gasteiger partial charge in [-0.15, -0.1) is 0 Å². The molecule has 0 aromatic rings. The van der Waals surface area contributed by atoms with Gasteiger partial charge in [-0.2, -0.15) is 0 Å². The lowest BCUT2D eigenvalue weighted by Crippen LogP contribution is -2.36. The summed E-state index contributed by atoms with van der Waals surface area (Å²) >= 11 is 0. The van der Waals surface area contributed by atoms with E-state index in [-0.39, 0.29) is 18.1 Å². The first-order valence-corrected chi connectivity index (χ1v) is 5.46. The Kier molecular flexibility index (Phi) is 3.93. The van der Waals surface area contributed by atoms with Crippen molar-refractivity contribution < 1.29 is 9.53 Å². The summed E-state index contributed by atoms with van der Waals surface area (Å²) in [6.07, 6.45) is 3.06. The van der Waals surface area contributed by atoms with Gasteiger partial charge in [0.05, 0.1) is 6.10 Å². The molecule has 0 aromatic heterocycles. The summed E-state index contributed by atoms with van der Waals surface area (Å²) in [6.45, 7) is 6.16. The van der Waals surface area contributed by atoms with Crippen molar-refractivity contribution >= 4 is 5.97 Å². The fourth-order valence-electron chi connectivity index (χ4n) is 1.64. The van der Waals surface area contributed by atoms with Crippen LogP contribution in [0.2, 0.25) is 0 Å². The summed E-state index contributed by atoms with van der Waals surface area (Å²) < 4.78 is 5.26. The highest BCUT2D eigenvalue weighted by Crippen LogP contribution is 2.32. The maximum absolute atomic E-state index is 11.5. The summed E-state index contributed by atoms with van der Waals surface area (Å²) in [5.74, 6) is 0.712. The highest BCUT2D eigenvalue weighted by molar-refractivity contribution is 5.76. The highest BCUT2D eigenvalue weighted by Gasteiger charge is 2.34. The molecule has 0 aliphatic heterocycles. The highest BCUT2D eigenvalue weighted by atomic mass is 16.5. The van der Waals surface area contributed by atoms with E-state index in [4.69, 9.17) is 10.5 Å². The predicted octanol–water partition coefficient (Wildman–Crippen LogP) is 1.70. The Morgan fingerprint density at radius 2 is 2.00 bits per heavy atom. The first-order valence-electron chi connectivity index (χ1n) is 5.46. The Bertz CT molecular complexity index is 199. The van der Waals surface area contributed by atoms with Crippen LogP contribution in [0.1, 0.15) is 40.0 Å². The van der Waals surface area contributed by atoms with Gasteiger partial charge in [-0.05, 0) is 38.0 Å². The molecule has 2 atom stereocenters. The third-order valence-electron chi connectivity index (χ3n) is 2.52. The van der Waals surface area contributed by atoms with Crippen LogP contribution in [0.4, 0.5) is 0 Å². The number of hydrogen-bond acceptors (Lipinski definition) is 3. The van der Waals surface area contributed by atoms with Crippen molar-refractivity contribution in [1.82, 2.24) is 0 Å². The lowest BCUT2D eigenvalue weighted by atomic mass is 10.1. The molecule has 1 saturated carbocycles. The van der Waals surface area contributed by atoms with Crippen molar-refractivity contribution in [2.75, 3.05) is 0 Å². The van der Waals surface area contributed by atoms with Crippen molar-refractivity contribution in [3.63, 3.8) is 0 Å². The number of carbonyl (C=O) groups is 1. The monoisotopic (exact) mass is 199 g/mol. The van der Waals surface area contributed by atoms with Gasteiger partial charge in [-0.3, -0.25) is 4.79 Å². The SMILES string of the molecule is CC(C)CC(C)OC(=O)C(N)C1CC1. The molecule has 0 bridgehead atoms. The van der Waals surface area contributed by atoms with Crippen LogP contribution in [0.5, 0.6) is 0 Å². The second kappa shape index (κ2) is 4.78. The summed E-state index contributed by atoms with van der Waals surface area (Å²) in [5, 5.41) is 0. The number of hydrogen-bond donors (Lipinski definition) is 1. The van der Waals surface area contributed by atoms with Crippen molar-refractivity contribution in [2.45, 2.75) is 52.2 Å². The van der Waals surface area contributed by atoms with Crippen molar-refractivity contribution in [3.05, 3.63) is 0 Å². The maximum atomic E-state index is 11.5. The van der Waals surface area contributed by atoms with Crippen molar-refractivity contribution in [2.24, 2.45) is 17.6 Å². The van der Waals surface area contributed by atoms with Gasteiger partial charge in [0.2, 0.25) is 0 Å². The van der Waals surface area contributed by atoms with Crippen LogP contribution in [0.15, 0.2) is 0 Å². The van der Waals surface area contributed by atoms with Gasteiger partial charge in [0, 0.05) is 0 Å². The molecular weight excluding hydrogens is 178 g/mol. The minimum Gasteiger partial charge on any atom is -0.461 e. The molecule has 14 heavy (non-hydrogen) atoms. The molecule has 82 valence electrons. The van der Waals surface area contributed by atoms with Gasteiger partial charge in [-0.25, -0.2) is 0 Å². The molecule has 3 nitrogen and oxygen atoms in total. The number of ether oxygens (including phenoxy) is 1. The van der Waals surface area contributed by atoms with Crippen LogP contribution in [0.3, 0.4) is 0 Å². The minimum absolute atomic E-state index is 0.00713. The third-order valence-corrected chi connectivity index (χ3v) is 2.52. The molecule has 0 amide bonds. The zero-order chi connectivity index (χ0) is 10.7. The van der Waals surface area contributed by atoms with Crippen molar-refractivity contribution in [3.8, 4) is 0 Å². The van der Waals surface area contributed by atoms with Crippen LogP contribution < -0.4 is 5.73 Å². The van der Waals surface area contributed by atoms with Crippen LogP contribution >= 0.6 is 0 Å². The number of rotatable bonds is 5. The Labute approximate surface area is 86.0 Å². The Balaban J connectivity index is 2.24. The van der Waals surface area contributed by atoms with E-state index < -0.39 is 0 Å². The van der Waals surface area contributed by atoms with Crippen LogP contribution in [0, 0.1) is 11.8 Å². The normalized spacial score (nSPS) is 20.6. The Hall–Kier alpha value is -0.570. The molecular formula is C11H21NO2. The van der Waals surface area contributed by atoms with E-state index in [0.717, 1.165) is 19.3 Å². The fraction of sp³-hybridized carbons (Fsp3) is 0.909. The van der Waals surface area contributed by atoms with Gasteiger partial charge in [-0.1, -0.05) is 13.8 Å². The molecule has 0 radical (unpaired) electrons. The number of nitrogens with two attached hydrogens (primary N) is 1. The van der Waals surface area contributed by atoms with E-state index in [1.54, 1.807) is 0 Å². The Morgan fingerprint density at radius 3 is 2.43 bits per heavy atom. The molecule has 2 N–H and O–H groups in total. The molecule has 1 aliphatic carbocycles. The summed E-state index contributed by atoms with van der Waals surface area (Å²) in [4.78, 5) is 11.5. The van der Waals surface area contributed by atoms with E-state index >= 15 is 0 Å². The van der Waals surface area contributed by atoms with Gasteiger partial charge in [0.25, 0.3) is 0 Å². The van der Waals surface area contributed by atoms with Crippen LogP contribution in [-0.2, 0) is 9.53 Å². The third kappa shape index (κ3) is 3.66. The largest absolute Gasteiger partial charge is 0.461 e.